The minimum Gasteiger partial charge on any atom is -0.497 e. The van der Waals surface area contributed by atoms with Crippen LogP contribution in [0.15, 0.2) is 103 Å². The van der Waals surface area contributed by atoms with E-state index in [1.54, 1.807) is 26.4 Å². The van der Waals surface area contributed by atoms with Crippen molar-refractivity contribution in [1.82, 2.24) is 0 Å². The van der Waals surface area contributed by atoms with Crippen LogP contribution >= 0.6 is 0 Å². The summed E-state index contributed by atoms with van der Waals surface area (Å²) in [5.74, 6) is 1.59. The summed E-state index contributed by atoms with van der Waals surface area (Å²) in [4.78, 5) is 11.2. The summed E-state index contributed by atoms with van der Waals surface area (Å²) in [7, 11) is 3.32. The fourth-order valence-electron chi connectivity index (χ4n) is 4.85. The molecule has 0 aliphatic carbocycles. The quantitative estimate of drug-likeness (QED) is 0.144. The van der Waals surface area contributed by atoms with Gasteiger partial charge in [-0.2, -0.15) is 0 Å². The molecule has 5 heteroatoms. The summed E-state index contributed by atoms with van der Waals surface area (Å²) in [5, 5.41) is 11.5. The maximum atomic E-state index is 11.5. The van der Waals surface area contributed by atoms with Crippen LogP contribution in [0, 0.1) is 10.1 Å². The number of para-hydroxylation sites is 1. The van der Waals surface area contributed by atoms with Gasteiger partial charge in [0, 0.05) is 17.0 Å². The largest absolute Gasteiger partial charge is 0.497 e. The number of nitro groups is 1. The lowest BCUT2D eigenvalue weighted by Gasteiger charge is -2.36. The molecule has 35 heavy (non-hydrogen) atoms. The summed E-state index contributed by atoms with van der Waals surface area (Å²) in [5.41, 5.74) is 3.91. The van der Waals surface area contributed by atoms with E-state index in [1.165, 1.54) is 0 Å². The fraction of sp³-hybridized carbons (Fsp3) is 0.200. The molecule has 0 aliphatic rings. The van der Waals surface area contributed by atoms with Gasteiger partial charge in [-0.3, -0.25) is 10.1 Å². The van der Waals surface area contributed by atoms with E-state index in [0.29, 0.717) is 6.42 Å². The number of hydrogen-bond donors (Lipinski definition) is 0. The van der Waals surface area contributed by atoms with E-state index in [2.05, 4.69) is 48.5 Å². The summed E-state index contributed by atoms with van der Waals surface area (Å²) in [6, 6.07) is 33.8. The minimum absolute atomic E-state index is 0.173. The first-order valence-electron chi connectivity index (χ1n) is 11.7. The molecule has 0 spiro atoms. The molecule has 4 aromatic carbocycles. The molecule has 0 fully saturated rings. The normalized spacial score (nSPS) is 11.1. The van der Waals surface area contributed by atoms with Gasteiger partial charge in [-0.15, -0.1) is 0 Å². The third-order valence-corrected chi connectivity index (χ3v) is 6.62. The van der Waals surface area contributed by atoms with Gasteiger partial charge in [0.15, 0.2) is 0 Å². The number of benzene rings is 4. The highest BCUT2D eigenvalue weighted by Gasteiger charge is 2.36. The fourth-order valence-corrected chi connectivity index (χ4v) is 4.85. The number of nitrogens with zero attached hydrogens (tertiary/aromatic N) is 1. The molecule has 0 atom stereocenters. The average Bonchev–Trinajstić information content (AvgIpc) is 2.92. The van der Waals surface area contributed by atoms with Crippen LogP contribution in [0.1, 0.15) is 35.1 Å². The predicted octanol–water partition coefficient (Wildman–Crippen LogP) is 6.97. The molecule has 0 radical (unpaired) electrons. The van der Waals surface area contributed by atoms with Crippen molar-refractivity contribution in [1.29, 1.82) is 0 Å². The number of aryl methyl sites for hydroxylation is 1. The molecule has 0 heterocycles. The SMILES string of the molecule is COc1ccc(C(CCCc2ccccc2[N+](=O)[O-])(c2ccccc2)c2ccc(OC)cc2)cc1. The molecule has 0 saturated carbocycles. The molecule has 0 amide bonds. The van der Waals surface area contributed by atoms with Crippen LogP contribution in [0.5, 0.6) is 11.5 Å². The van der Waals surface area contributed by atoms with Crippen LogP contribution in [0.4, 0.5) is 5.69 Å². The van der Waals surface area contributed by atoms with Crippen molar-refractivity contribution < 1.29 is 14.4 Å². The van der Waals surface area contributed by atoms with E-state index < -0.39 is 5.41 Å². The number of hydrogen-bond acceptors (Lipinski definition) is 4. The van der Waals surface area contributed by atoms with Crippen molar-refractivity contribution >= 4 is 5.69 Å². The van der Waals surface area contributed by atoms with Gasteiger partial charge in [0.1, 0.15) is 11.5 Å². The standard InChI is InChI=1S/C30H29NO4/c1-34-27-18-14-25(15-19-27)30(24-11-4-3-5-12-24,26-16-20-28(35-2)21-17-26)22-8-10-23-9-6-7-13-29(23)31(32)33/h3-7,9,11-21H,8,10,22H2,1-2H3. The summed E-state index contributed by atoms with van der Waals surface area (Å²) < 4.78 is 10.8. The molecule has 5 nitrogen and oxygen atoms in total. The lowest BCUT2D eigenvalue weighted by molar-refractivity contribution is -0.385. The lowest BCUT2D eigenvalue weighted by Crippen LogP contribution is -2.29. The third-order valence-electron chi connectivity index (χ3n) is 6.62. The van der Waals surface area contributed by atoms with Gasteiger partial charge in [-0.25, -0.2) is 0 Å². The number of rotatable bonds is 10. The smallest absolute Gasteiger partial charge is 0.272 e. The first-order chi connectivity index (χ1) is 17.1. The van der Waals surface area contributed by atoms with Crippen molar-refractivity contribution in [2.24, 2.45) is 0 Å². The van der Waals surface area contributed by atoms with Gasteiger partial charge in [-0.05, 0) is 60.2 Å². The Kier molecular flexibility index (Phi) is 7.46. The second kappa shape index (κ2) is 10.9. The van der Waals surface area contributed by atoms with E-state index in [4.69, 9.17) is 9.47 Å². The third kappa shape index (κ3) is 5.04. The Labute approximate surface area is 206 Å². The number of nitro benzene ring substituents is 1. The average molecular weight is 468 g/mol. The van der Waals surface area contributed by atoms with Crippen molar-refractivity contribution in [3.05, 3.63) is 135 Å². The van der Waals surface area contributed by atoms with E-state index in [0.717, 1.165) is 46.6 Å². The Bertz CT molecular complexity index is 1200. The van der Waals surface area contributed by atoms with Crippen LogP contribution in [0.2, 0.25) is 0 Å². The molecule has 178 valence electrons. The van der Waals surface area contributed by atoms with Gasteiger partial charge < -0.3 is 9.47 Å². The van der Waals surface area contributed by atoms with Crippen LogP contribution in [-0.2, 0) is 11.8 Å². The van der Waals surface area contributed by atoms with E-state index in [1.807, 2.05) is 42.5 Å². The zero-order valence-corrected chi connectivity index (χ0v) is 20.0. The maximum absolute atomic E-state index is 11.5. The van der Waals surface area contributed by atoms with Gasteiger partial charge in [0.2, 0.25) is 0 Å². The van der Waals surface area contributed by atoms with Crippen LogP contribution in [0.3, 0.4) is 0 Å². The van der Waals surface area contributed by atoms with Crippen LogP contribution in [-0.4, -0.2) is 19.1 Å². The number of methoxy groups -OCH3 is 2. The summed E-state index contributed by atoms with van der Waals surface area (Å²) >= 11 is 0. The lowest BCUT2D eigenvalue weighted by atomic mass is 9.66. The minimum atomic E-state index is -0.455. The Morgan fingerprint density at radius 1 is 0.686 bits per heavy atom. The highest BCUT2D eigenvalue weighted by atomic mass is 16.6. The van der Waals surface area contributed by atoms with E-state index in [9.17, 15) is 10.1 Å². The predicted molar refractivity (Wildman–Crippen MR) is 138 cm³/mol. The monoisotopic (exact) mass is 467 g/mol. The molecular formula is C30H29NO4. The topological polar surface area (TPSA) is 61.6 Å². The summed E-state index contributed by atoms with van der Waals surface area (Å²) in [6.45, 7) is 0. The van der Waals surface area contributed by atoms with Crippen molar-refractivity contribution in [2.45, 2.75) is 24.7 Å². The Hall–Kier alpha value is -4.12. The molecule has 0 N–H and O–H groups in total. The van der Waals surface area contributed by atoms with Crippen LogP contribution < -0.4 is 9.47 Å². The van der Waals surface area contributed by atoms with Gasteiger partial charge in [0.25, 0.3) is 5.69 Å². The van der Waals surface area contributed by atoms with Crippen molar-refractivity contribution in [3.63, 3.8) is 0 Å². The van der Waals surface area contributed by atoms with Crippen molar-refractivity contribution in [3.8, 4) is 11.5 Å². The number of ether oxygens (including phenoxy) is 2. The highest BCUT2D eigenvalue weighted by Crippen LogP contribution is 2.44. The van der Waals surface area contributed by atoms with E-state index in [-0.39, 0.29) is 10.6 Å². The first-order valence-corrected chi connectivity index (χ1v) is 11.7. The van der Waals surface area contributed by atoms with Gasteiger partial charge in [-0.1, -0.05) is 72.8 Å². The Morgan fingerprint density at radius 2 is 1.17 bits per heavy atom. The molecule has 0 unspecified atom stereocenters. The second-order valence-corrected chi connectivity index (χ2v) is 8.47. The van der Waals surface area contributed by atoms with Gasteiger partial charge >= 0.3 is 0 Å². The molecule has 4 rings (SSSR count). The molecule has 0 saturated heterocycles. The van der Waals surface area contributed by atoms with Gasteiger partial charge in [0.05, 0.1) is 19.1 Å². The van der Waals surface area contributed by atoms with Crippen LogP contribution in [0.25, 0.3) is 0 Å². The molecule has 0 aliphatic heterocycles. The van der Waals surface area contributed by atoms with Crippen molar-refractivity contribution in [2.75, 3.05) is 14.2 Å². The maximum Gasteiger partial charge on any atom is 0.272 e. The highest BCUT2D eigenvalue weighted by molar-refractivity contribution is 5.52. The molecule has 0 bridgehead atoms. The zero-order chi connectivity index (χ0) is 24.7. The zero-order valence-electron chi connectivity index (χ0n) is 20.0. The Balaban J connectivity index is 1.81. The van der Waals surface area contributed by atoms with E-state index >= 15 is 0 Å². The Morgan fingerprint density at radius 3 is 1.69 bits per heavy atom. The molecule has 4 aromatic rings. The summed E-state index contributed by atoms with van der Waals surface area (Å²) in [6.07, 6.45) is 2.14. The second-order valence-electron chi connectivity index (χ2n) is 8.47. The first kappa shape index (κ1) is 24.0. The molecule has 0 aromatic heterocycles. The molecular weight excluding hydrogens is 438 g/mol.